The summed E-state index contributed by atoms with van der Waals surface area (Å²) in [4.78, 5) is 4.22. The molecule has 0 fully saturated rings. The maximum absolute atomic E-state index is 13.6. The number of hydrogen-bond donors (Lipinski definition) is 0. The van der Waals surface area contributed by atoms with Gasteiger partial charge in [-0.2, -0.15) is 0 Å². The molecular formula is C86H118N8Nd2O12. The summed E-state index contributed by atoms with van der Waals surface area (Å²) < 4.78 is 33.4. The monoisotopic (exact) mass is 1740 g/mol. The minimum absolute atomic E-state index is 0. The van der Waals surface area contributed by atoms with Gasteiger partial charge < -0.3 is 90.0 Å². The fourth-order valence-electron chi connectivity index (χ4n) is 11.1. The van der Waals surface area contributed by atoms with Crippen LogP contribution in [0.1, 0.15) is 169 Å². The van der Waals surface area contributed by atoms with Gasteiger partial charge in [0.25, 0.3) is 0 Å². The molecule has 2 radical (unpaired) electrons. The van der Waals surface area contributed by atoms with Crippen molar-refractivity contribution in [1.82, 2.24) is 9.80 Å². The Morgan fingerprint density at radius 3 is 0.472 bits per heavy atom. The normalized spacial score (nSPS) is 11.6. The molecule has 0 N–H and O–H groups in total. The molecule has 582 valence electrons. The first-order chi connectivity index (χ1) is 49.4. The molecule has 20 nitrogen and oxygen atoms in total. The molecule has 0 amide bonds. The van der Waals surface area contributed by atoms with E-state index in [4.69, 9.17) is 28.4 Å². The van der Waals surface area contributed by atoms with Crippen molar-refractivity contribution in [1.29, 1.82) is 0 Å². The van der Waals surface area contributed by atoms with Crippen molar-refractivity contribution in [2.45, 2.75) is 211 Å². The third-order valence-corrected chi connectivity index (χ3v) is 16.9. The van der Waals surface area contributed by atoms with Gasteiger partial charge in [0.1, 0.15) is 34.5 Å². The summed E-state index contributed by atoms with van der Waals surface area (Å²) in [5.41, 5.74) is 5.96. The Labute approximate surface area is 711 Å². The van der Waals surface area contributed by atoms with Gasteiger partial charge in [-0.3, -0.25) is 9.80 Å². The average molecular weight is 1740 g/mol. The number of methoxy groups -OCH3 is 6. The molecule has 108 heavy (non-hydrogen) atoms. The smallest absolute Gasteiger partial charge is 0.758 e. The molecule has 0 aliphatic rings. The predicted molar refractivity (Wildman–Crippen MR) is 440 cm³/mol. The number of benzene rings is 8. The second kappa shape index (κ2) is 42.4. The molecule has 0 unspecified atom stereocenters. The van der Waals surface area contributed by atoms with Crippen LogP contribution in [0, 0.1) is 127 Å². The van der Waals surface area contributed by atoms with Gasteiger partial charge in [-0.1, -0.05) is 71.8 Å². The molecule has 0 bridgehead atoms. The summed E-state index contributed by atoms with van der Waals surface area (Å²) in [6.07, 6.45) is 0. The number of anilines is 6. The van der Waals surface area contributed by atoms with Crippen LogP contribution in [0.3, 0.4) is 0 Å². The van der Waals surface area contributed by atoms with Crippen LogP contribution < -0.4 is 58.8 Å². The topological polar surface area (TPSA) is 220 Å². The molecule has 0 heterocycles. The summed E-state index contributed by atoms with van der Waals surface area (Å²) in [6.45, 7) is 39.5. The van der Waals surface area contributed by atoms with E-state index in [-0.39, 0.29) is 81.7 Å². The molecule has 0 aliphatic heterocycles. The van der Waals surface area contributed by atoms with Crippen molar-refractivity contribution in [3.63, 3.8) is 0 Å². The van der Waals surface area contributed by atoms with E-state index in [0.29, 0.717) is 108 Å². The molecule has 0 aliphatic carbocycles. The van der Waals surface area contributed by atoms with Crippen LogP contribution in [0.4, 0.5) is 34.1 Å². The average Bonchev–Trinajstić information content (AvgIpc) is 0.800. The maximum atomic E-state index is 13.6. The first-order valence-corrected chi connectivity index (χ1v) is 35.7. The molecule has 0 saturated heterocycles. The van der Waals surface area contributed by atoms with Crippen molar-refractivity contribution in [2.24, 2.45) is 0 Å². The largest absolute Gasteiger partial charge is 3.00 e. The quantitative estimate of drug-likeness (QED) is 0.0513. The third-order valence-electron chi connectivity index (χ3n) is 16.9. The number of ether oxygens (including phenoxy) is 6. The molecule has 0 atom stereocenters. The summed E-state index contributed by atoms with van der Waals surface area (Å²) in [5.74, 6) is 3.68. The number of hydrogen-bond acceptors (Lipinski definition) is 20. The van der Waals surface area contributed by atoms with Gasteiger partial charge in [0.05, 0.1) is 42.7 Å². The van der Waals surface area contributed by atoms with Gasteiger partial charge in [-0.25, -0.2) is 0 Å². The maximum Gasteiger partial charge on any atom is 3.00 e. The molecular weight excluding hydrogens is 1630 g/mol. The van der Waals surface area contributed by atoms with Crippen LogP contribution in [-0.4, -0.2) is 85.7 Å². The Hall–Kier alpha value is -6.26. The van der Waals surface area contributed by atoms with Crippen molar-refractivity contribution >= 4 is 34.1 Å². The molecule has 8 rings (SSSR count). The molecule has 22 heteroatoms. The van der Waals surface area contributed by atoms with E-state index in [9.17, 15) is 31.2 Å². The molecule has 0 aromatic heterocycles. The van der Waals surface area contributed by atoms with E-state index >= 15 is 0 Å². The Balaban J connectivity index is 0.000000464. The Kier molecular flexibility index (Phi) is 37.7. The zero-order chi connectivity index (χ0) is 79.5. The minimum Gasteiger partial charge on any atom is -0.758 e. The molecule has 0 saturated carbocycles. The second-order valence-electron chi connectivity index (χ2n) is 32.4. The van der Waals surface area contributed by atoms with Crippen molar-refractivity contribution in [3.05, 3.63) is 246 Å². The number of aryl methyl sites for hydroxylation is 2. The van der Waals surface area contributed by atoms with E-state index in [1.54, 1.807) is 115 Å². The number of hydroxylamine groups is 6. The van der Waals surface area contributed by atoms with Crippen molar-refractivity contribution < 1.29 is 110 Å². The zero-order valence-corrected chi connectivity index (χ0v) is 75.3. The zero-order valence-electron chi connectivity index (χ0n) is 68.9. The fraction of sp³-hybridized carbons (Fsp3) is 0.442. The standard InChI is InChI=1S/2C36H51N4O6.2C7H8.2Nd/c2*1-34(2,3)38(41)31-16-13-28(44-10)19-25(31)22-37(23-26-20-29(45-11)14-17-32(26)39(42)35(4,5)6)24-27-21-30(46-12)15-18-33(27)40(43)36(7,8)9;2*1-7-5-3-2-4-6-7;;/h2*13-21H,22-24H2,1-12H3;2*2-6H,1H3;;/q2*-3;;;2*+3. The van der Waals surface area contributed by atoms with E-state index < -0.39 is 33.2 Å². The predicted octanol–water partition coefficient (Wildman–Crippen LogP) is 20.4. The molecule has 0 spiro atoms. The van der Waals surface area contributed by atoms with E-state index in [1.165, 1.54) is 11.1 Å². The van der Waals surface area contributed by atoms with Crippen LogP contribution in [0.5, 0.6) is 34.5 Å². The number of rotatable bonds is 24. The second-order valence-corrected chi connectivity index (χ2v) is 32.4. The van der Waals surface area contributed by atoms with Crippen LogP contribution >= 0.6 is 0 Å². The third kappa shape index (κ3) is 28.8. The van der Waals surface area contributed by atoms with Gasteiger partial charge in [0.2, 0.25) is 0 Å². The van der Waals surface area contributed by atoms with Gasteiger partial charge in [0.15, 0.2) is 0 Å². The molecule has 8 aromatic carbocycles. The van der Waals surface area contributed by atoms with Gasteiger partial charge in [-0.15, -0.1) is 0 Å². The SMILES string of the molecule is COc1ccc(N([O-])C(C)(C)C)c(CN(Cc2cc(OC)ccc2N([O-])C(C)(C)C)Cc2cc(OC)ccc2N([O-])C(C)(C)C)c1.COc1ccc(N([O-])C(C)(C)C)c(CN(Cc2cc(OC)ccc2N([O-])C(C)(C)C)Cc2cc(OC)ccc2N([O-])C(C)(C)C)c1.Cc1ccccc1.Cc1ccccc1.[Nd+3].[Nd+3]. The summed E-state index contributed by atoms with van der Waals surface area (Å²) in [6, 6.07) is 53.0. The van der Waals surface area contributed by atoms with Crippen LogP contribution in [0.15, 0.2) is 170 Å². The van der Waals surface area contributed by atoms with Gasteiger partial charge in [0, 0.05) is 107 Å². The van der Waals surface area contributed by atoms with Crippen LogP contribution in [0.25, 0.3) is 0 Å². The van der Waals surface area contributed by atoms with E-state index in [2.05, 4.69) is 47.9 Å². The van der Waals surface area contributed by atoms with E-state index in [0.717, 1.165) is 63.8 Å². The summed E-state index contributed by atoms with van der Waals surface area (Å²) >= 11 is 0. The first-order valence-electron chi connectivity index (χ1n) is 35.7. The van der Waals surface area contributed by atoms with Gasteiger partial charge >= 0.3 is 81.7 Å². The number of nitrogens with zero attached hydrogens (tertiary/aromatic N) is 8. The minimum atomic E-state index is -0.695. The van der Waals surface area contributed by atoms with Crippen LogP contribution in [-0.2, 0) is 39.3 Å². The summed E-state index contributed by atoms with van der Waals surface area (Å²) in [7, 11) is 9.53. The first kappa shape index (κ1) is 95.9. The Morgan fingerprint density at radius 2 is 0.370 bits per heavy atom. The Bertz CT molecular complexity index is 3410. The Morgan fingerprint density at radius 1 is 0.231 bits per heavy atom. The van der Waals surface area contributed by atoms with Crippen molar-refractivity contribution in [3.8, 4) is 34.5 Å². The van der Waals surface area contributed by atoms with Gasteiger partial charge in [-0.05, 0) is 281 Å². The fourth-order valence-corrected chi connectivity index (χ4v) is 11.1. The summed E-state index contributed by atoms with van der Waals surface area (Å²) in [5, 5.41) is 87.6. The van der Waals surface area contributed by atoms with Crippen LogP contribution in [0.2, 0.25) is 0 Å². The molecule has 8 aromatic rings. The van der Waals surface area contributed by atoms with Crippen molar-refractivity contribution in [2.75, 3.05) is 73.0 Å². The van der Waals surface area contributed by atoms with E-state index in [1.807, 2.05) is 197 Å².